The minimum atomic E-state index is 0. The molecule has 11 heavy (non-hydrogen) atoms. The van der Waals surface area contributed by atoms with E-state index < -0.39 is 0 Å². The molecule has 1 rings (SSSR count). The SMILES string of the molecule is Cc1ccc(C#N)cc1N.Cl. The van der Waals surface area contributed by atoms with Gasteiger partial charge >= 0.3 is 0 Å². The Balaban J connectivity index is 0.000001000. The standard InChI is InChI=1S/C8H8N2.ClH/c1-6-2-3-7(5-9)4-8(6)10;/h2-4H,10H2,1H3;1H. The van der Waals surface area contributed by atoms with E-state index in [1.54, 1.807) is 12.1 Å². The van der Waals surface area contributed by atoms with Crippen LogP contribution >= 0.6 is 12.4 Å². The number of hydrogen-bond donors (Lipinski definition) is 1. The quantitative estimate of drug-likeness (QED) is 0.602. The lowest BCUT2D eigenvalue weighted by molar-refractivity contribution is 1.43. The lowest BCUT2D eigenvalue weighted by Crippen LogP contribution is -1.89. The normalized spacial score (nSPS) is 8.00. The molecule has 1 aromatic rings. The first-order valence-corrected chi connectivity index (χ1v) is 3.00. The van der Waals surface area contributed by atoms with E-state index in [9.17, 15) is 0 Å². The smallest absolute Gasteiger partial charge is 0.0992 e. The van der Waals surface area contributed by atoms with Crippen LogP contribution in [0.15, 0.2) is 18.2 Å². The second kappa shape index (κ2) is 3.85. The monoisotopic (exact) mass is 168 g/mol. The van der Waals surface area contributed by atoms with E-state index in [1.165, 1.54) is 0 Å². The zero-order valence-corrected chi connectivity index (χ0v) is 6.98. The molecule has 2 N–H and O–H groups in total. The summed E-state index contributed by atoms with van der Waals surface area (Å²) in [5.74, 6) is 0. The van der Waals surface area contributed by atoms with Gasteiger partial charge in [-0.2, -0.15) is 5.26 Å². The van der Waals surface area contributed by atoms with Gasteiger partial charge in [0, 0.05) is 5.69 Å². The third kappa shape index (κ3) is 2.14. The Morgan fingerprint density at radius 1 is 1.45 bits per heavy atom. The number of anilines is 1. The molecule has 0 unspecified atom stereocenters. The van der Waals surface area contributed by atoms with Crippen LogP contribution in [0.4, 0.5) is 5.69 Å². The summed E-state index contributed by atoms with van der Waals surface area (Å²) in [7, 11) is 0. The average molecular weight is 169 g/mol. The molecule has 0 aromatic heterocycles. The van der Waals surface area contributed by atoms with E-state index in [1.807, 2.05) is 19.1 Å². The molecule has 0 fully saturated rings. The number of nitrogens with zero attached hydrogens (tertiary/aromatic N) is 1. The maximum absolute atomic E-state index is 8.45. The van der Waals surface area contributed by atoms with E-state index in [2.05, 4.69) is 0 Å². The minimum Gasteiger partial charge on any atom is -0.398 e. The molecule has 0 spiro atoms. The third-order valence-electron chi connectivity index (χ3n) is 1.41. The van der Waals surface area contributed by atoms with Crippen LogP contribution in [0.5, 0.6) is 0 Å². The highest BCUT2D eigenvalue weighted by Gasteiger charge is 1.93. The summed E-state index contributed by atoms with van der Waals surface area (Å²) in [6.07, 6.45) is 0. The van der Waals surface area contributed by atoms with E-state index in [0.717, 1.165) is 5.56 Å². The van der Waals surface area contributed by atoms with Crippen molar-refractivity contribution in [1.29, 1.82) is 5.26 Å². The van der Waals surface area contributed by atoms with Crippen molar-refractivity contribution in [2.45, 2.75) is 6.92 Å². The van der Waals surface area contributed by atoms with Crippen LogP contribution in [0.3, 0.4) is 0 Å². The molecule has 0 amide bonds. The van der Waals surface area contributed by atoms with Crippen molar-refractivity contribution in [2.75, 3.05) is 5.73 Å². The van der Waals surface area contributed by atoms with Crippen molar-refractivity contribution in [2.24, 2.45) is 0 Å². The largest absolute Gasteiger partial charge is 0.398 e. The number of aryl methyl sites for hydroxylation is 1. The highest BCUT2D eigenvalue weighted by Crippen LogP contribution is 2.11. The third-order valence-corrected chi connectivity index (χ3v) is 1.41. The molecule has 0 radical (unpaired) electrons. The van der Waals surface area contributed by atoms with Gasteiger partial charge in [0.15, 0.2) is 0 Å². The first-order chi connectivity index (χ1) is 4.74. The maximum atomic E-state index is 8.45. The number of nitriles is 1. The van der Waals surface area contributed by atoms with Crippen molar-refractivity contribution < 1.29 is 0 Å². The molecule has 1 aromatic carbocycles. The number of nitrogen functional groups attached to an aromatic ring is 1. The van der Waals surface area contributed by atoms with Crippen LogP contribution in [-0.4, -0.2) is 0 Å². The molecule has 0 aliphatic heterocycles. The topological polar surface area (TPSA) is 49.8 Å². The Labute approximate surface area is 72.0 Å². The van der Waals surface area contributed by atoms with Gasteiger partial charge in [-0.1, -0.05) is 6.07 Å². The predicted octanol–water partition coefficient (Wildman–Crippen LogP) is 1.87. The summed E-state index contributed by atoms with van der Waals surface area (Å²) in [6, 6.07) is 7.29. The second-order valence-electron chi connectivity index (χ2n) is 2.18. The predicted molar refractivity (Wildman–Crippen MR) is 47.6 cm³/mol. The number of benzene rings is 1. The molecule has 0 aliphatic rings. The van der Waals surface area contributed by atoms with Gasteiger partial charge in [0.25, 0.3) is 0 Å². The van der Waals surface area contributed by atoms with E-state index in [0.29, 0.717) is 11.3 Å². The van der Waals surface area contributed by atoms with Crippen molar-refractivity contribution in [1.82, 2.24) is 0 Å². The van der Waals surface area contributed by atoms with Crippen molar-refractivity contribution >= 4 is 18.1 Å². The van der Waals surface area contributed by atoms with Crippen LogP contribution in [0.25, 0.3) is 0 Å². The van der Waals surface area contributed by atoms with Crippen LogP contribution in [0.2, 0.25) is 0 Å². The zero-order chi connectivity index (χ0) is 7.56. The first-order valence-electron chi connectivity index (χ1n) is 3.00. The fourth-order valence-electron chi connectivity index (χ4n) is 0.710. The highest BCUT2D eigenvalue weighted by atomic mass is 35.5. The Bertz CT molecular complexity index is 289. The molecule has 3 heteroatoms. The fourth-order valence-corrected chi connectivity index (χ4v) is 0.710. The summed E-state index contributed by atoms with van der Waals surface area (Å²) in [5, 5.41) is 8.45. The Morgan fingerprint density at radius 3 is 2.55 bits per heavy atom. The molecule has 0 saturated carbocycles. The van der Waals surface area contributed by atoms with Gasteiger partial charge in [0.2, 0.25) is 0 Å². The minimum absolute atomic E-state index is 0. The first kappa shape index (κ1) is 9.80. The highest BCUT2D eigenvalue weighted by molar-refractivity contribution is 5.85. The van der Waals surface area contributed by atoms with Gasteiger partial charge in [-0.3, -0.25) is 0 Å². The van der Waals surface area contributed by atoms with Gasteiger partial charge in [-0.05, 0) is 24.6 Å². The van der Waals surface area contributed by atoms with Crippen molar-refractivity contribution in [3.63, 3.8) is 0 Å². The number of hydrogen-bond acceptors (Lipinski definition) is 2. The molecule has 2 nitrogen and oxygen atoms in total. The lowest BCUT2D eigenvalue weighted by Gasteiger charge is -1.97. The zero-order valence-electron chi connectivity index (χ0n) is 6.16. The number of nitrogens with two attached hydrogens (primary N) is 1. The fraction of sp³-hybridized carbons (Fsp3) is 0.125. The van der Waals surface area contributed by atoms with Crippen LogP contribution in [0, 0.1) is 18.3 Å². The number of rotatable bonds is 0. The summed E-state index contributed by atoms with van der Waals surface area (Å²) >= 11 is 0. The molecule has 0 saturated heterocycles. The van der Waals surface area contributed by atoms with Gasteiger partial charge in [0.1, 0.15) is 0 Å². The maximum Gasteiger partial charge on any atom is 0.0992 e. The van der Waals surface area contributed by atoms with Gasteiger partial charge in [-0.25, -0.2) is 0 Å². The van der Waals surface area contributed by atoms with Crippen LogP contribution in [0.1, 0.15) is 11.1 Å². The molecular formula is C8H9ClN2. The van der Waals surface area contributed by atoms with Crippen molar-refractivity contribution in [3.05, 3.63) is 29.3 Å². The molecule has 0 bridgehead atoms. The van der Waals surface area contributed by atoms with Gasteiger partial charge in [-0.15, -0.1) is 12.4 Å². The average Bonchev–Trinajstić information content (AvgIpc) is 1.95. The molecular weight excluding hydrogens is 160 g/mol. The molecule has 58 valence electrons. The molecule has 0 aliphatic carbocycles. The van der Waals surface area contributed by atoms with Gasteiger partial charge in [0.05, 0.1) is 11.6 Å². The van der Waals surface area contributed by atoms with Gasteiger partial charge < -0.3 is 5.73 Å². The summed E-state index contributed by atoms with van der Waals surface area (Å²) in [5.41, 5.74) is 7.85. The summed E-state index contributed by atoms with van der Waals surface area (Å²) in [6.45, 7) is 1.91. The van der Waals surface area contributed by atoms with Crippen molar-refractivity contribution in [3.8, 4) is 6.07 Å². The van der Waals surface area contributed by atoms with Crippen LogP contribution < -0.4 is 5.73 Å². The molecule has 0 atom stereocenters. The van der Waals surface area contributed by atoms with E-state index in [4.69, 9.17) is 11.0 Å². The van der Waals surface area contributed by atoms with Crippen LogP contribution in [-0.2, 0) is 0 Å². The lowest BCUT2D eigenvalue weighted by atomic mass is 10.1. The number of halogens is 1. The summed E-state index contributed by atoms with van der Waals surface area (Å²) < 4.78 is 0. The Hall–Kier alpha value is -1.20. The molecule has 0 heterocycles. The Kier molecular flexibility index (Phi) is 3.43. The van der Waals surface area contributed by atoms with E-state index in [-0.39, 0.29) is 12.4 Å². The summed E-state index contributed by atoms with van der Waals surface area (Å²) in [4.78, 5) is 0. The second-order valence-corrected chi connectivity index (χ2v) is 2.18. The van der Waals surface area contributed by atoms with E-state index >= 15 is 0 Å². The Morgan fingerprint density at radius 2 is 2.09 bits per heavy atom.